The predicted octanol–water partition coefficient (Wildman–Crippen LogP) is 3.78. The molecule has 6 heteroatoms. The number of ether oxygens (including phenoxy) is 1. The molecular weight excluding hydrogens is 378 g/mol. The SMILES string of the molecule is CC1(C)CCCN(C(=O)c2cccc(NC(=O)[C@@H]3Cc4ccccc4O3)c2)[C@H]1C#N. The van der Waals surface area contributed by atoms with Crippen molar-refractivity contribution in [3.63, 3.8) is 0 Å². The minimum Gasteiger partial charge on any atom is -0.480 e. The Bertz CT molecular complexity index is 999. The number of nitrogens with one attached hydrogen (secondary N) is 1. The number of para-hydroxylation sites is 1. The molecule has 1 fully saturated rings. The van der Waals surface area contributed by atoms with Crippen LogP contribution in [0, 0.1) is 16.7 Å². The first-order valence-corrected chi connectivity index (χ1v) is 10.2. The van der Waals surface area contributed by atoms with Crippen molar-refractivity contribution in [2.24, 2.45) is 5.41 Å². The number of carbonyl (C=O) groups is 2. The van der Waals surface area contributed by atoms with E-state index in [1.807, 2.05) is 38.1 Å². The molecule has 0 bridgehead atoms. The standard InChI is InChI=1S/C24H25N3O3/c1-24(2)11-6-12-27(21(24)15-25)23(29)17-8-5-9-18(13-17)26-22(28)20-14-16-7-3-4-10-19(16)30-20/h3-5,7-10,13,20-21H,6,11-12,14H2,1-2H3,(H,26,28)/t20-,21-/m0/s1. The molecule has 30 heavy (non-hydrogen) atoms. The summed E-state index contributed by atoms with van der Waals surface area (Å²) in [4.78, 5) is 27.5. The molecule has 154 valence electrons. The molecule has 2 aromatic carbocycles. The Balaban J connectivity index is 1.47. The normalized spacial score (nSPS) is 21.8. The van der Waals surface area contributed by atoms with Crippen LogP contribution >= 0.6 is 0 Å². The highest BCUT2D eigenvalue weighted by Crippen LogP contribution is 2.35. The lowest BCUT2D eigenvalue weighted by Gasteiger charge is -2.42. The van der Waals surface area contributed by atoms with Crippen molar-refractivity contribution >= 4 is 17.5 Å². The molecule has 4 rings (SSSR count). The second kappa shape index (κ2) is 7.83. The zero-order valence-electron chi connectivity index (χ0n) is 17.2. The number of hydrogen-bond acceptors (Lipinski definition) is 4. The Labute approximate surface area is 176 Å². The number of rotatable bonds is 3. The van der Waals surface area contributed by atoms with E-state index in [-0.39, 0.29) is 17.2 Å². The first-order valence-electron chi connectivity index (χ1n) is 10.2. The minimum absolute atomic E-state index is 0.185. The Morgan fingerprint density at radius 2 is 2.00 bits per heavy atom. The fraction of sp³-hybridized carbons (Fsp3) is 0.375. The van der Waals surface area contributed by atoms with Crippen molar-refractivity contribution < 1.29 is 14.3 Å². The Kier molecular flexibility index (Phi) is 5.21. The summed E-state index contributed by atoms with van der Waals surface area (Å²) in [5.74, 6) is 0.302. The van der Waals surface area contributed by atoms with E-state index >= 15 is 0 Å². The van der Waals surface area contributed by atoms with Crippen molar-refractivity contribution in [3.8, 4) is 11.8 Å². The van der Waals surface area contributed by atoms with Gasteiger partial charge >= 0.3 is 0 Å². The van der Waals surface area contributed by atoms with E-state index in [9.17, 15) is 14.9 Å². The molecule has 2 aromatic rings. The molecule has 0 aliphatic carbocycles. The molecule has 2 amide bonds. The lowest BCUT2D eigenvalue weighted by atomic mass is 9.77. The molecule has 2 atom stereocenters. The molecule has 2 heterocycles. The largest absolute Gasteiger partial charge is 0.480 e. The van der Waals surface area contributed by atoms with Gasteiger partial charge in [0.25, 0.3) is 11.8 Å². The number of anilines is 1. The molecule has 0 radical (unpaired) electrons. The highest BCUT2D eigenvalue weighted by atomic mass is 16.5. The van der Waals surface area contributed by atoms with Crippen LogP contribution < -0.4 is 10.1 Å². The summed E-state index contributed by atoms with van der Waals surface area (Å²) in [6.07, 6.45) is 1.71. The Morgan fingerprint density at radius 3 is 2.77 bits per heavy atom. The number of likely N-dealkylation sites (tertiary alicyclic amines) is 1. The van der Waals surface area contributed by atoms with E-state index in [2.05, 4.69) is 11.4 Å². The highest BCUT2D eigenvalue weighted by molar-refractivity contribution is 5.99. The first-order chi connectivity index (χ1) is 14.4. The fourth-order valence-electron chi connectivity index (χ4n) is 4.30. The van der Waals surface area contributed by atoms with Gasteiger partial charge in [0.05, 0.1) is 6.07 Å². The van der Waals surface area contributed by atoms with Crippen molar-refractivity contribution in [1.29, 1.82) is 5.26 Å². The zero-order valence-corrected chi connectivity index (χ0v) is 17.2. The number of carbonyl (C=O) groups excluding carboxylic acids is 2. The number of piperidine rings is 1. The maximum atomic E-state index is 13.1. The van der Waals surface area contributed by atoms with Crippen molar-refractivity contribution in [3.05, 3.63) is 59.7 Å². The molecule has 2 aliphatic heterocycles. The van der Waals surface area contributed by atoms with Crippen molar-refractivity contribution in [2.45, 2.75) is 45.3 Å². The molecule has 1 N–H and O–H groups in total. The average molecular weight is 403 g/mol. The number of amides is 2. The molecule has 1 saturated heterocycles. The third kappa shape index (κ3) is 3.76. The van der Waals surface area contributed by atoms with Gasteiger partial charge in [0.15, 0.2) is 6.10 Å². The van der Waals surface area contributed by atoms with Gasteiger partial charge in [0.1, 0.15) is 11.8 Å². The molecule has 0 unspecified atom stereocenters. The van der Waals surface area contributed by atoms with E-state index in [0.717, 1.165) is 24.2 Å². The maximum Gasteiger partial charge on any atom is 0.265 e. The van der Waals surface area contributed by atoms with Crippen LogP contribution in [0.4, 0.5) is 5.69 Å². The molecule has 0 saturated carbocycles. The molecule has 0 spiro atoms. The minimum atomic E-state index is -0.590. The van der Waals surface area contributed by atoms with Gasteiger partial charge < -0.3 is 15.0 Å². The van der Waals surface area contributed by atoms with Crippen LogP contribution in [-0.4, -0.2) is 35.4 Å². The number of hydrogen-bond donors (Lipinski definition) is 1. The van der Waals surface area contributed by atoms with Crippen LogP contribution in [0.5, 0.6) is 5.75 Å². The van der Waals surface area contributed by atoms with E-state index in [0.29, 0.717) is 24.2 Å². The van der Waals surface area contributed by atoms with Gasteiger partial charge in [-0.25, -0.2) is 0 Å². The van der Waals surface area contributed by atoms with Gasteiger partial charge in [-0.3, -0.25) is 9.59 Å². The van der Waals surface area contributed by atoms with Crippen molar-refractivity contribution in [2.75, 3.05) is 11.9 Å². The number of benzene rings is 2. The van der Waals surface area contributed by atoms with Gasteiger partial charge in [-0.15, -0.1) is 0 Å². The summed E-state index contributed by atoms with van der Waals surface area (Å²) in [5, 5.41) is 12.5. The number of fused-ring (bicyclic) bond motifs is 1. The summed E-state index contributed by atoms with van der Waals surface area (Å²) in [6.45, 7) is 4.61. The number of nitriles is 1. The highest BCUT2D eigenvalue weighted by Gasteiger charge is 2.40. The van der Waals surface area contributed by atoms with Gasteiger partial charge in [0.2, 0.25) is 0 Å². The summed E-state index contributed by atoms with van der Waals surface area (Å²) in [6, 6.07) is 16.3. The van der Waals surface area contributed by atoms with Crippen LogP contribution in [-0.2, 0) is 11.2 Å². The quantitative estimate of drug-likeness (QED) is 0.845. The molecule has 6 nitrogen and oxygen atoms in total. The summed E-state index contributed by atoms with van der Waals surface area (Å²) >= 11 is 0. The average Bonchev–Trinajstić information content (AvgIpc) is 3.17. The van der Waals surface area contributed by atoms with Crippen LogP contribution in [0.3, 0.4) is 0 Å². The fourth-order valence-corrected chi connectivity index (χ4v) is 4.30. The zero-order chi connectivity index (χ0) is 21.3. The second-order valence-electron chi connectivity index (χ2n) is 8.61. The number of nitrogens with zero attached hydrogens (tertiary/aromatic N) is 2. The van der Waals surface area contributed by atoms with Gasteiger partial charge in [-0.05, 0) is 48.1 Å². The molecule has 2 aliphatic rings. The monoisotopic (exact) mass is 403 g/mol. The maximum absolute atomic E-state index is 13.1. The van der Waals surface area contributed by atoms with E-state index < -0.39 is 12.1 Å². The molecule has 0 aromatic heterocycles. The van der Waals surface area contributed by atoms with Gasteiger partial charge in [-0.2, -0.15) is 5.26 Å². The van der Waals surface area contributed by atoms with E-state index in [4.69, 9.17) is 4.74 Å². The summed E-state index contributed by atoms with van der Waals surface area (Å²) in [7, 11) is 0. The van der Waals surface area contributed by atoms with E-state index in [1.54, 1.807) is 29.2 Å². The van der Waals surface area contributed by atoms with Crippen LogP contribution in [0.25, 0.3) is 0 Å². The summed E-state index contributed by atoms with van der Waals surface area (Å²) < 4.78 is 5.74. The van der Waals surface area contributed by atoms with Crippen LogP contribution in [0.1, 0.15) is 42.6 Å². The lowest BCUT2D eigenvalue weighted by molar-refractivity contribution is -0.122. The Hall–Kier alpha value is -3.33. The predicted molar refractivity (Wildman–Crippen MR) is 113 cm³/mol. The van der Waals surface area contributed by atoms with E-state index in [1.165, 1.54) is 0 Å². The van der Waals surface area contributed by atoms with Crippen LogP contribution in [0.2, 0.25) is 0 Å². The second-order valence-corrected chi connectivity index (χ2v) is 8.61. The van der Waals surface area contributed by atoms with Crippen LogP contribution in [0.15, 0.2) is 48.5 Å². The smallest absolute Gasteiger partial charge is 0.265 e. The van der Waals surface area contributed by atoms with Gasteiger partial charge in [-0.1, -0.05) is 38.1 Å². The van der Waals surface area contributed by atoms with Crippen molar-refractivity contribution in [1.82, 2.24) is 4.90 Å². The third-order valence-corrected chi connectivity index (χ3v) is 5.97. The molecular formula is C24H25N3O3. The lowest BCUT2D eigenvalue weighted by Crippen LogP contribution is -2.51. The third-order valence-electron chi connectivity index (χ3n) is 5.97. The first kappa shape index (κ1) is 20.0. The summed E-state index contributed by atoms with van der Waals surface area (Å²) in [5.41, 5.74) is 1.76. The Morgan fingerprint density at radius 1 is 1.20 bits per heavy atom. The van der Waals surface area contributed by atoms with Gasteiger partial charge in [0, 0.05) is 24.2 Å². The topological polar surface area (TPSA) is 82.4 Å².